The van der Waals surface area contributed by atoms with Crippen molar-refractivity contribution in [3.8, 4) is 5.75 Å². The van der Waals surface area contributed by atoms with Crippen LogP contribution >= 0.6 is 0 Å². The third kappa shape index (κ3) is 4.77. The summed E-state index contributed by atoms with van der Waals surface area (Å²) in [5.74, 6) is 0.626. The quantitative estimate of drug-likeness (QED) is 0.618. The number of hydrogen-bond acceptors (Lipinski definition) is 3. The van der Waals surface area contributed by atoms with Crippen molar-refractivity contribution in [2.24, 2.45) is 0 Å². The Morgan fingerprint density at radius 1 is 0.933 bits per heavy atom. The summed E-state index contributed by atoms with van der Waals surface area (Å²) in [5.41, 5.74) is 2.26. The van der Waals surface area contributed by atoms with Crippen LogP contribution in [-0.4, -0.2) is 74.3 Å². The molecule has 0 spiro atoms. The van der Waals surface area contributed by atoms with Crippen LogP contribution < -0.4 is 14.7 Å². The number of phenolic OH excluding ortho intramolecular Hbond substituents is 1. The first kappa shape index (κ1) is 20.7. The molecule has 160 valence electrons. The van der Waals surface area contributed by atoms with E-state index in [2.05, 4.69) is 47.1 Å². The van der Waals surface area contributed by atoms with E-state index in [1.807, 2.05) is 18.2 Å². The summed E-state index contributed by atoms with van der Waals surface area (Å²) in [7, 11) is 0. The van der Waals surface area contributed by atoms with Crippen LogP contribution in [-0.2, 0) is 11.3 Å². The smallest absolute Gasteiger partial charge is 0.280 e. The Balaban J connectivity index is 1.25. The lowest BCUT2D eigenvalue weighted by Gasteiger charge is -2.38. The predicted octanol–water partition coefficient (Wildman–Crippen LogP) is -0.587. The van der Waals surface area contributed by atoms with Gasteiger partial charge in [-0.15, -0.1) is 0 Å². The number of nitrogens with one attached hydrogen (secondary N) is 2. The molecule has 4 rings (SSSR count). The largest absolute Gasteiger partial charge is 0.506 e. The Labute approximate surface area is 179 Å². The SMILES string of the molecule is C[C@@H](C(=O)N1CC[NH+](Cc2ccccc2)CC1)[NH+]1CCN(c2ccccc2O)CC1. The maximum absolute atomic E-state index is 13.1. The second-order valence-corrected chi connectivity index (χ2v) is 8.59. The standard InChI is InChI=1S/C24H32N4O2/c1-20(26-15-17-27(18-16-26)22-9-5-6-10-23(22)29)24(30)28-13-11-25(12-14-28)19-21-7-3-2-4-8-21/h2-10,20,29H,11-19H2,1H3/p+2/t20-/m0/s1. The molecule has 2 aromatic carbocycles. The fourth-order valence-electron chi connectivity index (χ4n) is 4.75. The highest BCUT2D eigenvalue weighted by Gasteiger charge is 2.34. The number of rotatable bonds is 5. The van der Waals surface area contributed by atoms with E-state index in [-0.39, 0.29) is 6.04 Å². The van der Waals surface area contributed by atoms with Gasteiger partial charge >= 0.3 is 0 Å². The average molecular weight is 411 g/mol. The zero-order chi connectivity index (χ0) is 20.9. The van der Waals surface area contributed by atoms with Crippen molar-refractivity contribution in [2.45, 2.75) is 19.5 Å². The van der Waals surface area contributed by atoms with E-state index in [4.69, 9.17) is 0 Å². The summed E-state index contributed by atoms with van der Waals surface area (Å²) in [6.45, 7) is 10.4. The molecule has 2 aromatic rings. The summed E-state index contributed by atoms with van der Waals surface area (Å²) in [6, 6.07) is 18.1. The third-order valence-corrected chi connectivity index (χ3v) is 6.69. The van der Waals surface area contributed by atoms with Gasteiger partial charge in [-0.25, -0.2) is 0 Å². The molecule has 0 aromatic heterocycles. The Bertz CT molecular complexity index is 828. The first-order valence-electron chi connectivity index (χ1n) is 11.2. The molecule has 2 aliphatic rings. The van der Waals surface area contributed by atoms with Crippen molar-refractivity contribution in [1.82, 2.24) is 4.90 Å². The Morgan fingerprint density at radius 3 is 2.23 bits per heavy atom. The maximum Gasteiger partial charge on any atom is 0.280 e. The molecular weight excluding hydrogens is 376 g/mol. The van der Waals surface area contributed by atoms with Crippen LogP contribution in [0.15, 0.2) is 54.6 Å². The van der Waals surface area contributed by atoms with Crippen LogP contribution in [0.4, 0.5) is 5.69 Å². The number of para-hydroxylation sites is 2. The van der Waals surface area contributed by atoms with Crippen LogP contribution in [0.2, 0.25) is 0 Å². The number of carbonyl (C=O) groups excluding carboxylic acids is 1. The molecule has 1 atom stereocenters. The zero-order valence-corrected chi connectivity index (χ0v) is 17.9. The van der Waals surface area contributed by atoms with Crippen molar-refractivity contribution >= 4 is 11.6 Å². The summed E-state index contributed by atoms with van der Waals surface area (Å²) >= 11 is 0. The summed E-state index contributed by atoms with van der Waals surface area (Å²) < 4.78 is 0. The van der Waals surface area contributed by atoms with Crippen molar-refractivity contribution in [3.05, 3.63) is 60.2 Å². The van der Waals surface area contributed by atoms with Crippen LogP contribution in [0.1, 0.15) is 12.5 Å². The average Bonchev–Trinajstić information content (AvgIpc) is 2.80. The molecule has 2 fully saturated rings. The molecule has 2 aliphatic heterocycles. The van der Waals surface area contributed by atoms with Gasteiger partial charge in [0.05, 0.1) is 58.0 Å². The number of benzene rings is 2. The number of piperazine rings is 2. The van der Waals surface area contributed by atoms with Gasteiger partial charge in [-0.2, -0.15) is 0 Å². The fourth-order valence-corrected chi connectivity index (χ4v) is 4.75. The van der Waals surface area contributed by atoms with E-state index in [0.29, 0.717) is 11.7 Å². The topological polar surface area (TPSA) is 52.7 Å². The third-order valence-electron chi connectivity index (χ3n) is 6.69. The minimum absolute atomic E-state index is 0.00723. The molecule has 6 nitrogen and oxygen atoms in total. The zero-order valence-electron chi connectivity index (χ0n) is 17.9. The summed E-state index contributed by atoms with van der Waals surface area (Å²) in [4.78, 5) is 20.3. The Kier molecular flexibility index (Phi) is 6.55. The summed E-state index contributed by atoms with van der Waals surface area (Å²) in [6.07, 6.45) is 0. The summed E-state index contributed by atoms with van der Waals surface area (Å²) in [5, 5.41) is 10.1. The number of amides is 1. The molecular formula is C24H34N4O2+2. The monoisotopic (exact) mass is 410 g/mol. The van der Waals surface area contributed by atoms with Gasteiger partial charge in [-0.1, -0.05) is 42.5 Å². The van der Waals surface area contributed by atoms with Gasteiger partial charge in [0, 0.05) is 5.56 Å². The first-order chi connectivity index (χ1) is 14.6. The van der Waals surface area contributed by atoms with Gasteiger partial charge in [0.1, 0.15) is 12.3 Å². The lowest BCUT2D eigenvalue weighted by molar-refractivity contribution is -0.920. The van der Waals surface area contributed by atoms with E-state index in [0.717, 1.165) is 64.6 Å². The molecule has 0 saturated carbocycles. The number of quaternary nitrogens is 2. The molecule has 2 heterocycles. The van der Waals surface area contributed by atoms with Gasteiger partial charge in [-0.05, 0) is 19.1 Å². The molecule has 0 radical (unpaired) electrons. The normalized spacial score (nSPS) is 19.6. The number of nitrogens with zero attached hydrogens (tertiary/aromatic N) is 2. The van der Waals surface area contributed by atoms with Crippen LogP contribution in [0.3, 0.4) is 0 Å². The molecule has 30 heavy (non-hydrogen) atoms. The second kappa shape index (κ2) is 9.49. The maximum atomic E-state index is 13.1. The number of hydrogen-bond donors (Lipinski definition) is 3. The van der Waals surface area contributed by atoms with Crippen molar-refractivity contribution < 1.29 is 19.7 Å². The van der Waals surface area contributed by atoms with Crippen LogP contribution in [0.25, 0.3) is 0 Å². The van der Waals surface area contributed by atoms with E-state index in [1.54, 1.807) is 11.0 Å². The number of aromatic hydroxyl groups is 1. The molecule has 0 bridgehead atoms. The van der Waals surface area contributed by atoms with Crippen LogP contribution in [0, 0.1) is 0 Å². The molecule has 0 aliphatic carbocycles. The lowest BCUT2D eigenvalue weighted by atomic mass is 10.1. The van der Waals surface area contributed by atoms with Gasteiger partial charge in [0.25, 0.3) is 5.91 Å². The second-order valence-electron chi connectivity index (χ2n) is 8.59. The highest BCUT2D eigenvalue weighted by molar-refractivity contribution is 5.80. The number of phenols is 1. The molecule has 3 N–H and O–H groups in total. The molecule has 6 heteroatoms. The lowest BCUT2D eigenvalue weighted by Crippen LogP contribution is -3.19. The van der Waals surface area contributed by atoms with E-state index < -0.39 is 0 Å². The molecule has 0 unspecified atom stereocenters. The fraction of sp³-hybridized carbons (Fsp3) is 0.458. The van der Waals surface area contributed by atoms with Crippen molar-refractivity contribution in [2.75, 3.05) is 57.3 Å². The number of anilines is 1. The van der Waals surface area contributed by atoms with E-state index in [1.165, 1.54) is 10.5 Å². The Morgan fingerprint density at radius 2 is 1.57 bits per heavy atom. The van der Waals surface area contributed by atoms with Crippen molar-refractivity contribution in [1.29, 1.82) is 0 Å². The van der Waals surface area contributed by atoms with Gasteiger partial charge in [-0.3, -0.25) is 4.79 Å². The van der Waals surface area contributed by atoms with E-state index in [9.17, 15) is 9.90 Å². The van der Waals surface area contributed by atoms with Gasteiger partial charge < -0.3 is 24.7 Å². The Hall–Kier alpha value is -2.57. The van der Waals surface area contributed by atoms with Crippen molar-refractivity contribution in [3.63, 3.8) is 0 Å². The minimum atomic E-state index is -0.00723. The van der Waals surface area contributed by atoms with E-state index >= 15 is 0 Å². The van der Waals surface area contributed by atoms with Gasteiger partial charge in [0.2, 0.25) is 0 Å². The van der Waals surface area contributed by atoms with Gasteiger partial charge in [0.15, 0.2) is 6.04 Å². The number of carbonyl (C=O) groups is 1. The molecule has 1 amide bonds. The van der Waals surface area contributed by atoms with Crippen LogP contribution in [0.5, 0.6) is 5.75 Å². The minimum Gasteiger partial charge on any atom is -0.506 e. The first-order valence-corrected chi connectivity index (χ1v) is 11.2. The molecule has 2 saturated heterocycles. The highest BCUT2D eigenvalue weighted by Crippen LogP contribution is 2.26. The highest BCUT2D eigenvalue weighted by atomic mass is 16.3. The predicted molar refractivity (Wildman–Crippen MR) is 118 cm³/mol.